The average Bonchev–Trinajstić information content (AvgIpc) is 3.27. The highest BCUT2D eigenvalue weighted by atomic mass is 31.2. The summed E-state index contributed by atoms with van der Waals surface area (Å²) in [5, 5.41) is 20.6. The van der Waals surface area contributed by atoms with Crippen LogP contribution in [-0.4, -0.2) is 95.9 Å². The first kappa shape index (κ1) is 87.7. The van der Waals surface area contributed by atoms with Gasteiger partial charge in [0.05, 0.1) is 26.4 Å². The molecule has 0 fully saturated rings. The summed E-state index contributed by atoms with van der Waals surface area (Å²) in [5.74, 6) is -1.58. The highest BCUT2D eigenvalue weighted by Crippen LogP contribution is 2.45. The summed E-state index contributed by atoms with van der Waals surface area (Å²) >= 11 is 0. The number of aliphatic hydroxyl groups excluding tert-OH is 2. The normalized spacial score (nSPS) is 14.7. The average molecular weight is 1330 g/mol. The summed E-state index contributed by atoms with van der Waals surface area (Å²) in [6.45, 7) is 2.54. The minimum Gasteiger partial charge on any atom is -0.463 e. The minimum atomic E-state index is -4.92. The standard InChI is InChI=1S/C73H130O16P2/c1-4-7-10-13-16-19-22-25-28-30-31-32-33-34-35-37-40-41-44-47-50-53-56-59-71(76)83-62-68(74)63-85-90(79,80)86-64-69(75)65-87-91(81,82)88-67-70(89-73(78)61-58-55-52-49-46-43-38-27-24-21-18-15-12-9-6-3)66-84-72(77)60-57-54-51-48-45-42-39-36-29-26-23-20-17-14-11-8-5-2/h8,11,16-17,19-20,25-26,28-29,31-32,34-35,68-70,74-75H,4-7,9-10,12-15,18,21-24,27,30,33,36-67H2,1-3H3,(H,79,80)(H,81,82)/b11-8-,19-16-,20-17-,28-25-,29-26-,32-31-,35-34-. The smallest absolute Gasteiger partial charge is 0.463 e. The third kappa shape index (κ3) is 67.9. The van der Waals surface area contributed by atoms with E-state index in [-0.39, 0.29) is 19.3 Å². The molecule has 0 bridgehead atoms. The van der Waals surface area contributed by atoms with Gasteiger partial charge in [0.25, 0.3) is 0 Å². The van der Waals surface area contributed by atoms with E-state index in [4.69, 9.17) is 32.3 Å². The number of esters is 3. The molecule has 0 aliphatic heterocycles. The Bertz CT molecular complexity index is 2000. The number of phosphoric acid groups is 2. The van der Waals surface area contributed by atoms with Crippen LogP contribution in [-0.2, 0) is 55.8 Å². The molecule has 0 aromatic carbocycles. The molecule has 5 atom stereocenters. The molecule has 0 amide bonds. The van der Waals surface area contributed by atoms with Crippen molar-refractivity contribution >= 4 is 33.6 Å². The Morgan fingerprint density at radius 1 is 0.319 bits per heavy atom. The van der Waals surface area contributed by atoms with E-state index in [1.54, 1.807) is 0 Å². The lowest BCUT2D eigenvalue weighted by atomic mass is 10.0. The zero-order chi connectivity index (χ0) is 66.7. The summed E-state index contributed by atoms with van der Waals surface area (Å²) < 4.78 is 61.0. The molecule has 5 unspecified atom stereocenters. The SMILES string of the molecule is CC/C=C\C/C=C\C/C=C\CCCCCCCCCC(=O)OCC(COP(=O)(O)OCC(O)COP(=O)(O)OCC(O)COC(=O)CCCCCCCCC/C=C\C/C=C\C/C=C\C/C=C\CCCCC)OC(=O)CCCCCCCCCCCCCCCCC. The number of rotatable bonds is 68. The van der Waals surface area contributed by atoms with E-state index >= 15 is 0 Å². The molecule has 0 saturated heterocycles. The fraction of sp³-hybridized carbons (Fsp3) is 0.767. The number of phosphoric ester groups is 2. The molecule has 0 radical (unpaired) electrons. The molecule has 91 heavy (non-hydrogen) atoms. The Morgan fingerprint density at radius 2 is 0.582 bits per heavy atom. The van der Waals surface area contributed by atoms with Crippen molar-refractivity contribution in [1.82, 2.24) is 0 Å². The number of allylic oxidation sites excluding steroid dienone is 14. The van der Waals surface area contributed by atoms with Crippen LogP contribution in [0.1, 0.15) is 303 Å². The summed E-state index contributed by atoms with van der Waals surface area (Å²) in [6.07, 6.45) is 71.9. The van der Waals surface area contributed by atoms with E-state index in [2.05, 4.69) is 106 Å². The van der Waals surface area contributed by atoms with Gasteiger partial charge in [-0.2, -0.15) is 0 Å². The molecular formula is C73H130O16P2. The van der Waals surface area contributed by atoms with E-state index in [0.29, 0.717) is 19.3 Å². The Labute approximate surface area is 553 Å². The maximum Gasteiger partial charge on any atom is 0.472 e. The van der Waals surface area contributed by atoms with Crippen molar-refractivity contribution in [3.63, 3.8) is 0 Å². The maximum absolute atomic E-state index is 12.9. The van der Waals surface area contributed by atoms with Crippen molar-refractivity contribution in [2.45, 2.75) is 322 Å². The van der Waals surface area contributed by atoms with Crippen molar-refractivity contribution < 1.29 is 75.8 Å². The van der Waals surface area contributed by atoms with Gasteiger partial charge in [0.15, 0.2) is 6.10 Å². The van der Waals surface area contributed by atoms with Gasteiger partial charge >= 0.3 is 33.6 Å². The maximum atomic E-state index is 12.9. The molecule has 0 aromatic heterocycles. The van der Waals surface area contributed by atoms with Gasteiger partial charge in [-0.1, -0.05) is 273 Å². The zero-order valence-corrected chi connectivity index (χ0v) is 59.0. The number of hydrogen-bond donors (Lipinski definition) is 4. The molecular weight excluding hydrogens is 1190 g/mol. The molecule has 528 valence electrons. The molecule has 0 aliphatic carbocycles. The molecule has 0 saturated carbocycles. The fourth-order valence-corrected chi connectivity index (χ4v) is 11.2. The van der Waals surface area contributed by atoms with E-state index < -0.39 is 91.5 Å². The van der Waals surface area contributed by atoms with E-state index in [1.165, 1.54) is 89.9 Å². The van der Waals surface area contributed by atoms with Crippen LogP contribution in [0, 0.1) is 0 Å². The number of carbonyl (C=O) groups excluding carboxylic acids is 3. The summed E-state index contributed by atoms with van der Waals surface area (Å²) in [5.41, 5.74) is 0. The zero-order valence-electron chi connectivity index (χ0n) is 57.3. The Hall–Kier alpha value is -3.27. The molecule has 0 aromatic rings. The predicted octanol–water partition coefficient (Wildman–Crippen LogP) is 20.1. The molecule has 0 rings (SSSR count). The van der Waals surface area contributed by atoms with Gasteiger partial charge in [-0.05, 0) is 96.3 Å². The van der Waals surface area contributed by atoms with Crippen molar-refractivity contribution in [2.24, 2.45) is 0 Å². The second-order valence-corrected chi connectivity index (χ2v) is 26.9. The van der Waals surface area contributed by atoms with Gasteiger partial charge in [-0.15, -0.1) is 0 Å². The number of hydrogen-bond acceptors (Lipinski definition) is 14. The predicted molar refractivity (Wildman–Crippen MR) is 371 cm³/mol. The second-order valence-electron chi connectivity index (χ2n) is 24.0. The highest BCUT2D eigenvalue weighted by Gasteiger charge is 2.29. The lowest BCUT2D eigenvalue weighted by Gasteiger charge is -2.21. The Kier molecular flexibility index (Phi) is 64.3. The van der Waals surface area contributed by atoms with Crippen molar-refractivity contribution in [3.05, 3.63) is 85.1 Å². The largest absolute Gasteiger partial charge is 0.472 e. The number of unbranched alkanes of at least 4 members (excludes halogenated alkanes) is 31. The molecule has 0 aliphatic rings. The molecule has 0 spiro atoms. The minimum absolute atomic E-state index is 0.106. The van der Waals surface area contributed by atoms with Crippen LogP contribution in [0.15, 0.2) is 85.1 Å². The number of carbonyl (C=O) groups is 3. The topological polar surface area (TPSA) is 231 Å². The fourth-order valence-electron chi connectivity index (χ4n) is 9.63. The first-order valence-corrected chi connectivity index (χ1v) is 38.9. The second kappa shape index (κ2) is 66.7. The van der Waals surface area contributed by atoms with Crippen LogP contribution in [0.2, 0.25) is 0 Å². The quantitative estimate of drug-likeness (QED) is 0.0146. The molecule has 4 N–H and O–H groups in total. The summed E-state index contributed by atoms with van der Waals surface area (Å²) in [4.78, 5) is 58.5. The van der Waals surface area contributed by atoms with Gasteiger partial charge in [0.1, 0.15) is 25.4 Å². The molecule has 16 nitrogen and oxygen atoms in total. The van der Waals surface area contributed by atoms with Crippen LogP contribution in [0.3, 0.4) is 0 Å². The molecule has 0 heterocycles. The van der Waals surface area contributed by atoms with E-state index in [9.17, 15) is 43.5 Å². The van der Waals surface area contributed by atoms with E-state index in [1.807, 2.05) is 0 Å². The highest BCUT2D eigenvalue weighted by molar-refractivity contribution is 7.47. The number of ether oxygens (including phenoxy) is 3. The first-order chi connectivity index (χ1) is 44.2. The Balaban J connectivity index is 4.61. The van der Waals surface area contributed by atoms with Crippen LogP contribution < -0.4 is 0 Å². The van der Waals surface area contributed by atoms with Crippen LogP contribution in [0.25, 0.3) is 0 Å². The first-order valence-electron chi connectivity index (χ1n) is 35.9. The summed E-state index contributed by atoms with van der Waals surface area (Å²) in [7, 11) is -9.78. The van der Waals surface area contributed by atoms with Crippen molar-refractivity contribution in [1.29, 1.82) is 0 Å². The van der Waals surface area contributed by atoms with E-state index in [0.717, 1.165) is 154 Å². The lowest BCUT2D eigenvalue weighted by molar-refractivity contribution is -0.161. The van der Waals surface area contributed by atoms with Crippen LogP contribution >= 0.6 is 15.6 Å². The van der Waals surface area contributed by atoms with Crippen molar-refractivity contribution in [2.75, 3.05) is 39.6 Å². The third-order valence-electron chi connectivity index (χ3n) is 15.1. The van der Waals surface area contributed by atoms with Gasteiger partial charge in [0, 0.05) is 19.3 Å². The third-order valence-corrected chi connectivity index (χ3v) is 17.0. The Morgan fingerprint density at radius 3 is 0.945 bits per heavy atom. The van der Waals surface area contributed by atoms with Gasteiger partial charge in [-0.3, -0.25) is 32.5 Å². The van der Waals surface area contributed by atoms with Crippen LogP contribution in [0.4, 0.5) is 0 Å². The molecule has 18 heteroatoms. The van der Waals surface area contributed by atoms with Gasteiger partial charge in [0.2, 0.25) is 0 Å². The van der Waals surface area contributed by atoms with Gasteiger partial charge < -0.3 is 34.2 Å². The van der Waals surface area contributed by atoms with Crippen LogP contribution in [0.5, 0.6) is 0 Å². The lowest BCUT2D eigenvalue weighted by Crippen LogP contribution is -2.30. The number of aliphatic hydroxyl groups is 2. The summed E-state index contributed by atoms with van der Waals surface area (Å²) in [6, 6.07) is 0. The van der Waals surface area contributed by atoms with Gasteiger partial charge in [-0.25, -0.2) is 9.13 Å². The monoisotopic (exact) mass is 1320 g/mol. The van der Waals surface area contributed by atoms with Crippen molar-refractivity contribution in [3.8, 4) is 0 Å².